The molecule has 8 heteroatoms. The minimum atomic E-state index is -0.655. The van der Waals surface area contributed by atoms with Crippen LogP contribution in [-0.4, -0.2) is 34.6 Å². The number of pyridine rings is 1. The van der Waals surface area contributed by atoms with E-state index in [1.54, 1.807) is 0 Å². The summed E-state index contributed by atoms with van der Waals surface area (Å²) in [5.41, 5.74) is 5.02. The second-order valence-corrected chi connectivity index (χ2v) is 4.70. The average Bonchev–Trinajstić information content (AvgIpc) is 2.92. The van der Waals surface area contributed by atoms with Crippen LogP contribution in [0.4, 0.5) is 11.5 Å². The Hall–Kier alpha value is -2.22. The van der Waals surface area contributed by atoms with Crippen LogP contribution < -0.4 is 11.1 Å². The molecular formula is C12H16N4O4. The molecule has 3 N–H and O–H groups in total. The summed E-state index contributed by atoms with van der Waals surface area (Å²) in [6, 6.07) is 0.981. The number of amides is 1. The van der Waals surface area contributed by atoms with Gasteiger partial charge in [-0.05, 0) is 25.8 Å². The molecule has 1 amide bonds. The summed E-state index contributed by atoms with van der Waals surface area (Å²) in [5.74, 6) is -0.487. The lowest BCUT2D eigenvalue weighted by Gasteiger charge is -2.19. The Labute approximate surface area is 115 Å². The summed E-state index contributed by atoms with van der Waals surface area (Å²) >= 11 is 0. The first kappa shape index (κ1) is 14.2. The standard InChI is InChI=1S/C12H16N4O4/c1-7(10-3-2-4-20-10)15-12(17)8-5-11(13)14-6-9(8)16(18)19/h5-7,10H,2-4H2,1H3,(H2,13,14)(H,15,17). The minimum absolute atomic E-state index is 0.0582. The molecule has 1 fully saturated rings. The highest BCUT2D eigenvalue weighted by Gasteiger charge is 2.27. The SMILES string of the molecule is CC(NC(=O)c1cc(N)ncc1[N+](=O)[O-])C1CCCO1. The average molecular weight is 280 g/mol. The van der Waals surface area contributed by atoms with Crippen molar-refractivity contribution in [3.8, 4) is 0 Å². The van der Waals surface area contributed by atoms with E-state index in [9.17, 15) is 14.9 Å². The van der Waals surface area contributed by atoms with Crippen LogP contribution in [0.2, 0.25) is 0 Å². The number of carbonyl (C=O) groups is 1. The fourth-order valence-corrected chi connectivity index (χ4v) is 2.17. The number of hydrogen-bond acceptors (Lipinski definition) is 6. The van der Waals surface area contributed by atoms with Gasteiger partial charge in [-0.1, -0.05) is 0 Å². The summed E-state index contributed by atoms with van der Waals surface area (Å²) in [7, 11) is 0. The van der Waals surface area contributed by atoms with Crippen molar-refractivity contribution in [2.45, 2.75) is 31.9 Å². The van der Waals surface area contributed by atoms with Gasteiger partial charge < -0.3 is 15.8 Å². The van der Waals surface area contributed by atoms with E-state index in [1.807, 2.05) is 6.92 Å². The molecule has 1 aliphatic rings. The highest BCUT2D eigenvalue weighted by Crippen LogP contribution is 2.20. The molecule has 2 atom stereocenters. The number of carbonyl (C=O) groups excluding carboxylic acids is 1. The summed E-state index contributed by atoms with van der Waals surface area (Å²) in [6.45, 7) is 2.48. The van der Waals surface area contributed by atoms with Gasteiger partial charge >= 0.3 is 0 Å². The number of nitro groups is 1. The van der Waals surface area contributed by atoms with Gasteiger partial charge in [0.15, 0.2) is 0 Å². The third kappa shape index (κ3) is 3.02. The van der Waals surface area contributed by atoms with Crippen LogP contribution in [0.3, 0.4) is 0 Å². The predicted molar refractivity (Wildman–Crippen MR) is 71.2 cm³/mol. The molecule has 2 unspecified atom stereocenters. The first-order valence-corrected chi connectivity index (χ1v) is 6.31. The van der Waals surface area contributed by atoms with E-state index in [1.165, 1.54) is 6.07 Å². The fraction of sp³-hybridized carbons (Fsp3) is 0.500. The molecule has 0 saturated carbocycles. The molecule has 8 nitrogen and oxygen atoms in total. The quantitative estimate of drug-likeness (QED) is 0.623. The van der Waals surface area contributed by atoms with Crippen LogP contribution in [0, 0.1) is 10.1 Å². The van der Waals surface area contributed by atoms with Gasteiger partial charge in [-0.3, -0.25) is 14.9 Å². The van der Waals surface area contributed by atoms with Crippen molar-refractivity contribution >= 4 is 17.4 Å². The summed E-state index contributed by atoms with van der Waals surface area (Å²) in [4.78, 5) is 26.0. The Morgan fingerprint density at radius 1 is 1.70 bits per heavy atom. The van der Waals surface area contributed by atoms with Crippen molar-refractivity contribution in [3.63, 3.8) is 0 Å². The first-order valence-electron chi connectivity index (χ1n) is 6.31. The highest BCUT2D eigenvalue weighted by atomic mass is 16.6. The van der Waals surface area contributed by atoms with Crippen molar-refractivity contribution in [3.05, 3.63) is 27.9 Å². The summed E-state index contributed by atoms with van der Waals surface area (Å²) < 4.78 is 5.47. The van der Waals surface area contributed by atoms with Crippen molar-refractivity contribution in [1.29, 1.82) is 0 Å². The highest BCUT2D eigenvalue weighted by molar-refractivity contribution is 5.98. The predicted octanol–water partition coefficient (Wildman–Crippen LogP) is 0.869. The fourth-order valence-electron chi connectivity index (χ4n) is 2.17. The molecule has 2 heterocycles. The molecule has 20 heavy (non-hydrogen) atoms. The molecule has 1 aromatic heterocycles. The monoisotopic (exact) mass is 280 g/mol. The third-order valence-electron chi connectivity index (χ3n) is 3.23. The van der Waals surface area contributed by atoms with Crippen LogP contribution in [0.1, 0.15) is 30.1 Å². The van der Waals surface area contributed by atoms with Gasteiger partial charge in [0, 0.05) is 6.61 Å². The van der Waals surface area contributed by atoms with Crippen molar-refractivity contribution < 1.29 is 14.5 Å². The molecule has 1 aromatic rings. The van der Waals surface area contributed by atoms with E-state index in [0.717, 1.165) is 19.0 Å². The maximum absolute atomic E-state index is 12.1. The Bertz CT molecular complexity index is 528. The number of nitrogens with zero attached hydrogens (tertiary/aromatic N) is 2. The smallest absolute Gasteiger partial charge is 0.300 e. The Kier molecular flexibility index (Phi) is 4.14. The molecule has 0 aliphatic carbocycles. The number of aromatic nitrogens is 1. The van der Waals surface area contributed by atoms with E-state index >= 15 is 0 Å². The van der Waals surface area contributed by atoms with Gasteiger partial charge in [0.1, 0.15) is 17.6 Å². The van der Waals surface area contributed by atoms with Crippen LogP contribution in [0.25, 0.3) is 0 Å². The minimum Gasteiger partial charge on any atom is -0.384 e. The number of hydrogen-bond donors (Lipinski definition) is 2. The first-order chi connectivity index (χ1) is 9.49. The van der Waals surface area contributed by atoms with E-state index in [0.29, 0.717) is 6.61 Å². The Balaban J connectivity index is 2.15. The van der Waals surface area contributed by atoms with Crippen molar-refractivity contribution in [2.24, 2.45) is 0 Å². The second kappa shape index (κ2) is 5.83. The van der Waals surface area contributed by atoms with Gasteiger partial charge in [0.2, 0.25) is 0 Å². The van der Waals surface area contributed by atoms with Gasteiger partial charge in [-0.2, -0.15) is 0 Å². The van der Waals surface area contributed by atoms with Gasteiger partial charge in [0.05, 0.1) is 17.1 Å². The van der Waals surface area contributed by atoms with E-state index in [2.05, 4.69) is 10.3 Å². The van der Waals surface area contributed by atoms with Gasteiger partial charge in [-0.15, -0.1) is 0 Å². The largest absolute Gasteiger partial charge is 0.384 e. The zero-order valence-corrected chi connectivity index (χ0v) is 11.0. The number of nitrogens with one attached hydrogen (secondary N) is 1. The third-order valence-corrected chi connectivity index (χ3v) is 3.23. The maximum atomic E-state index is 12.1. The lowest BCUT2D eigenvalue weighted by Crippen LogP contribution is -2.41. The molecule has 0 bridgehead atoms. The van der Waals surface area contributed by atoms with Crippen molar-refractivity contribution in [1.82, 2.24) is 10.3 Å². The van der Waals surface area contributed by atoms with Crippen LogP contribution in [0.15, 0.2) is 12.3 Å². The van der Waals surface area contributed by atoms with E-state index < -0.39 is 10.8 Å². The molecular weight excluding hydrogens is 264 g/mol. The normalized spacial score (nSPS) is 19.6. The van der Waals surface area contributed by atoms with Crippen LogP contribution in [-0.2, 0) is 4.74 Å². The molecule has 1 saturated heterocycles. The number of nitrogens with two attached hydrogens (primary N) is 1. The van der Waals surface area contributed by atoms with Crippen LogP contribution in [0.5, 0.6) is 0 Å². The van der Waals surface area contributed by atoms with Gasteiger partial charge in [0.25, 0.3) is 11.6 Å². The molecule has 0 radical (unpaired) electrons. The molecule has 2 rings (SSSR count). The number of anilines is 1. The number of rotatable bonds is 4. The maximum Gasteiger partial charge on any atom is 0.300 e. The van der Waals surface area contributed by atoms with Crippen LogP contribution >= 0.6 is 0 Å². The Morgan fingerprint density at radius 3 is 3.05 bits per heavy atom. The molecule has 1 aliphatic heterocycles. The molecule has 108 valence electrons. The molecule has 0 spiro atoms. The topological polar surface area (TPSA) is 120 Å². The lowest BCUT2D eigenvalue weighted by molar-refractivity contribution is -0.385. The summed E-state index contributed by atoms with van der Waals surface area (Å²) in [5, 5.41) is 13.6. The lowest BCUT2D eigenvalue weighted by atomic mass is 10.1. The Morgan fingerprint density at radius 2 is 2.45 bits per heavy atom. The summed E-state index contributed by atoms with van der Waals surface area (Å²) in [6.07, 6.45) is 2.74. The molecule has 0 aromatic carbocycles. The zero-order valence-electron chi connectivity index (χ0n) is 11.0. The van der Waals surface area contributed by atoms with E-state index in [-0.39, 0.29) is 29.2 Å². The number of nitrogen functional groups attached to an aromatic ring is 1. The second-order valence-electron chi connectivity index (χ2n) is 4.70. The van der Waals surface area contributed by atoms with Crippen molar-refractivity contribution in [2.75, 3.05) is 12.3 Å². The van der Waals surface area contributed by atoms with Gasteiger partial charge in [-0.25, -0.2) is 4.98 Å². The number of ether oxygens (including phenoxy) is 1. The zero-order chi connectivity index (χ0) is 14.7. The van der Waals surface area contributed by atoms with E-state index in [4.69, 9.17) is 10.5 Å².